The van der Waals surface area contributed by atoms with Gasteiger partial charge in [0.2, 0.25) is 0 Å². The van der Waals surface area contributed by atoms with Crippen molar-refractivity contribution in [3.63, 3.8) is 0 Å². The lowest BCUT2D eigenvalue weighted by Gasteiger charge is -2.11. The summed E-state index contributed by atoms with van der Waals surface area (Å²) in [5.74, 6) is 4.80. The zero-order chi connectivity index (χ0) is 8.41. The topological polar surface area (TPSA) is 54.4 Å². The second-order valence-electron chi connectivity index (χ2n) is 2.36. The largest absolute Gasteiger partial charge is 0.284 e. The second kappa shape index (κ2) is 2.60. The summed E-state index contributed by atoms with van der Waals surface area (Å²) in [6.07, 6.45) is 0. The van der Waals surface area contributed by atoms with Crippen LogP contribution in [0.15, 0.2) is 0 Å². The maximum Gasteiger partial charge on any atom is 0.281 e. The molecule has 3 nitrogen and oxygen atoms in total. The van der Waals surface area contributed by atoms with Gasteiger partial charge in [-0.05, 0) is 20.8 Å². The van der Waals surface area contributed by atoms with Gasteiger partial charge in [-0.1, -0.05) is 5.92 Å². The molecule has 0 radical (unpaired) electrons. The third kappa shape index (κ3) is 2.01. The van der Waals surface area contributed by atoms with Crippen molar-refractivity contribution >= 4 is 10.1 Å². The van der Waals surface area contributed by atoms with Gasteiger partial charge in [0.15, 0.2) is 4.75 Å². The van der Waals surface area contributed by atoms with E-state index in [1.54, 1.807) is 0 Å². The highest BCUT2D eigenvalue weighted by atomic mass is 32.2. The SMILES string of the molecule is CC#CC(C)(C)S(=O)(=O)O. The fraction of sp³-hybridized carbons (Fsp3) is 0.667. The molecule has 0 fully saturated rings. The summed E-state index contributed by atoms with van der Waals surface area (Å²) in [5.41, 5.74) is 0. The molecule has 0 saturated heterocycles. The van der Waals surface area contributed by atoms with E-state index in [0.717, 1.165) is 0 Å². The van der Waals surface area contributed by atoms with Crippen molar-refractivity contribution in [2.45, 2.75) is 25.5 Å². The van der Waals surface area contributed by atoms with Gasteiger partial charge in [-0.2, -0.15) is 8.42 Å². The Morgan fingerprint density at radius 1 is 1.40 bits per heavy atom. The Bertz CT molecular complexity index is 263. The average Bonchev–Trinajstić information content (AvgIpc) is 1.61. The summed E-state index contributed by atoms with van der Waals surface area (Å²) in [6.45, 7) is 4.21. The first-order valence-corrected chi connectivity index (χ1v) is 4.16. The number of rotatable bonds is 1. The summed E-state index contributed by atoms with van der Waals surface area (Å²) < 4.78 is 28.2. The molecule has 0 rings (SSSR count). The molecule has 0 aromatic rings. The highest BCUT2D eigenvalue weighted by molar-refractivity contribution is 7.87. The summed E-state index contributed by atoms with van der Waals surface area (Å²) >= 11 is 0. The summed E-state index contributed by atoms with van der Waals surface area (Å²) in [4.78, 5) is 0. The Labute approximate surface area is 61.2 Å². The zero-order valence-electron chi connectivity index (χ0n) is 6.17. The minimum Gasteiger partial charge on any atom is -0.284 e. The lowest BCUT2D eigenvalue weighted by Crippen LogP contribution is -2.29. The molecule has 1 N–H and O–H groups in total. The minimum absolute atomic E-state index is 1.35. The molecule has 10 heavy (non-hydrogen) atoms. The van der Waals surface area contributed by atoms with Gasteiger partial charge in [0.05, 0.1) is 0 Å². The predicted molar refractivity (Wildman–Crippen MR) is 39.1 cm³/mol. The molecular formula is C6H10O3S. The van der Waals surface area contributed by atoms with Gasteiger partial charge in [-0.15, -0.1) is 5.92 Å². The van der Waals surface area contributed by atoms with Crippen molar-refractivity contribution in [1.29, 1.82) is 0 Å². The maximum atomic E-state index is 10.5. The zero-order valence-corrected chi connectivity index (χ0v) is 6.99. The van der Waals surface area contributed by atoms with Gasteiger partial charge in [-0.3, -0.25) is 4.55 Å². The third-order valence-corrected chi connectivity index (χ3v) is 2.46. The van der Waals surface area contributed by atoms with E-state index in [9.17, 15) is 8.42 Å². The van der Waals surface area contributed by atoms with E-state index in [-0.39, 0.29) is 0 Å². The molecule has 0 aromatic heterocycles. The quantitative estimate of drug-likeness (QED) is 0.455. The Morgan fingerprint density at radius 3 is 1.90 bits per heavy atom. The van der Waals surface area contributed by atoms with Gasteiger partial charge in [0.25, 0.3) is 10.1 Å². The van der Waals surface area contributed by atoms with E-state index < -0.39 is 14.9 Å². The molecule has 0 aliphatic rings. The first-order chi connectivity index (χ1) is 4.31. The van der Waals surface area contributed by atoms with Crippen LogP contribution in [0.2, 0.25) is 0 Å². The van der Waals surface area contributed by atoms with Crippen LogP contribution in [0.3, 0.4) is 0 Å². The van der Waals surface area contributed by atoms with E-state index in [1.165, 1.54) is 20.8 Å². The number of hydrogen-bond donors (Lipinski definition) is 1. The summed E-state index contributed by atoms with van der Waals surface area (Å²) in [7, 11) is -4.04. The molecule has 0 atom stereocenters. The molecule has 0 aromatic carbocycles. The molecule has 0 unspecified atom stereocenters. The Hall–Kier alpha value is -0.530. The molecule has 58 valence electrons. The lowest BCUT2D eigenvalue weighted by molar-refractivity contribution is 0.462. The smallest absolute Gasteiger partial charge is 0.281 e. The van der Waals surface area contributed by atoms with Gasteiger partial charge in [0, 0.05) is 0 Å². The van der Waals surface area contributed by atoms with Crippen LogP contribution >= 0.6 is 0 Å². The van der Waals surface area contributed by atoms with Crippen LogP contribution in [0, 0.1) is 11.8 Å². The molecule has 0 aliphatic carbocycles. The molecule has 0 amide bonds. The van der Waals surface area contributed by atoms with Crippen molar-refractivity contribution in [2.75, 3.05) is 0 Å². The van der Waals surface area contributed by atoms with Crippen molar-refractivity contribution in [2.24, 2.45) is 0 Å². The van der Waals surface area contributed by atoms with Crippen LogP contribution in [0.25, 0.3) is 0 Å². The average molecular weight is 162 g/mol. The Kier molecular flexibility index (Phi) is 2.47. The molecule has 0 saturated carbocycles. The fourth-order valence-corrected chi connectivity index (χ4v) is 0.597. The monoisotopic (exact) mass is 162 g/mol. The van der Waals surface area contributed by atoms with E-state index in [0.29, 0.717) is 0 Å². The van der Waals surface area contributed by atoms with Crippen LogP contribution in [-0.4, -0.2) is 17.7 Å². The van der Waals surface area contributed by atoms with E-state index in [4.69, 9.17) is 4.55 Å². The summed E-state index contributed by atoms with van der Waals surface area (Å²) in [6, 6.07) is 0. The highest BCUT2D eigenvalue weighted by Gasteiger charge is 2.29. The normalized spacial score (nSPS) is 12.0. The van der Waals surface area contributed by atoms with Crippen molar-refractivity contribution in [3.8, 4) is 11.8 Å². The Balaban J connectivity index is 4.89. The van der Waals surface area contributed by atoms with Crippen LogP contribution in [0.1, 0.15) is 20.8 Å². The predicted octanol–water partition coefficient (Wildman–Crippen LogP) is 0.676. The van der Waals surface area contributed by atoms with E-state index in [2.05, 4.69) is 11.8 Å². The van der Waals surface area contributed by atoms with Gasteiger partial charge in [0.1, 0.15) is 0 Å². The first kappa shape index (κ1) is 9.47. The molecule has 0 aliphatic heterocycles. The van der Waals surface area contributed by atoms with E-state index >= 15 is 0 Å². The summed E-state index contributed by atoms with van der Waals surface area (Å²) in [5, 5.41) is 0. The minimum atomic E-state index is -4.04. The van der Waals surface area contributed by atoms with Crippen LogP contribution in [-0.2, 0) is 10.1 Å². The lowest BCUT2D eigenvalue weighted by atomic mass is 10.2. The molecule has 4 heteroatoms. The Morgan fingerprint density at radius 2 is 1.80 bits per heavy atom. The van der Waals surface area contributed by atoms with Gasteiger partial charge in [-0.25, -0.2) is 0 Å². The third-order valence-electron chi connectivity index (χ3n) is 1.07. The van der Waals surface area contributed by atoms with E-state index in [1.807, 2.05) is 0 Å². The first-order valence-electron chi connectivity index (χ1n) is 2.72. The molecule has 0 heterocycles. The van der Waals surface area contributed by atoms with Gasteiger partial charge < -0.3 is 0 Å². The van der Waals surface area contributed by atoms with Gasteiger partial charge >= 0.3 is 0 Å². The van der Waals surface area contributed by atoms with Crippen molar-refractivity contribution in [3.05, 3.63) is 0 Å². The molecule has 0 spiro atoms. The number of hydrogen-bond acceptors (Lipinski definition) is 2. The van der Waals surface area contributed by atoms with Crippen LogP contribution in [0.5, 0.6) is 0 Å². The molecular weight excluding hydrogens is 152 g/mol. The second-order valence-corrected chi connectivity index (χ2v) is 4.33. The molecule has 0 bridgehead atoms. The van der Waals surface area contributed by atoms with Crippen molar-refractivity contribution in [1.82, 2.24) is 0 Å². The van der Waals surface area contributed by atoms with Crippen LogP contribution in [0.4, 0.5) is 0 Å². The highest BCUT2D eigenvalue weighted by Crippen LogP contribution is 2.12. The maximum absolute atomic E-state index is 10.5. The van der Waals surface area contributed by atoms with Crippen molar-refractivity contribution < 1.29 is 13.0 Å². The van der Waals surface area contributed by atoms with Crippen LogP contribution < -0.4 is 0 Å². The fourth-order valence-electron chi connectivity index (χ4n) is 0.366. The standard InChI is InChI=1S/C6H10O3S/c1-4-5-6(2,3)10(7,8)9/h1-3H3,(H,7,8,9).